The molecule has 0 radical (unpaired) electrons. The molecule has 0 saturated heterocycles. The van der Waals surface area contributed by atoms with Gasteiger partial charge < -0.3 is 19.4 Å². The Bertz CT molecular complexity index is 1760. The van der Waals surface area contributed by atoms with E-state index in [-0.39, 0.29) is 39.2 Å². The van der Waals surface area contributed by atoms with E-state index in [2.05, 4.69) is 4.74 Å². The van der Waals surface area contributed by atoms with Crippen LogP contribution in [0.3, 0.4) is 0 Å². The molecule has 2 aliphatic carbocycles. The Hall–Kier alpha value is -3.83. The molecule has 0 bridgehead atoms. The quantitative estimate of drug-likeness (QED) is 0.103. The number of nitrogens with zero attached hydrogens (tertiary/aromatic N) is 3. The van der Waals surface area contributed by atoms with E-state index in [1.165, 1.54) is 22.8 Å². The Morgan fingerprint density at radius 3 is 2.39 bits per heavy atom. The zero-order valence-electron chi connectivity index (χ0n) is 23.7. The van der Waals surface area contributed by atoms with Gasteiger partial charge in [0.25, 0.3) is 0 Å². The number of fused-ring (bicyclic) bond motifs is 1. The molecule has 0 spiro atoms. The van der Waals surface area contributed by atoms with Gasteiger partial charge in [-0.1, -0.05) is 29.3 Å². The van der Waals surface area contributed by atoms with Gasteiger partial charge in [0.2, 0.25) is 0 Å². The van der Waals surface area contributed by atoms with Gasteiger partial charge in [0.1, 0.15) is 16.1 Å². The van der Waals surface area contributed by atoms with Crippen LogP contribution in [0.15, 0.2) is 53.6 Å². The maximum atomic E-state index is 13.6. The van der Waals surface area contributed by atoms with Gasteiger partial charge in [-0.25, -0.2) is 9.59 Å². The van der Waals surface area contributed by atoms with Crippen LogP contribution in [0.5, 0.6) is 11.5 Å². The molecule has 13 heteroatoms. The molecule has 2 aromatic heterocycles. The van der Waals surface area contributed by atoms with Crippen molar-refractivity contribution in [3.8, 4) is 11.5 Å². The first kappa shape index (κ1) is 30.2. The predicted molar refractivity (Wildman–Crippen MR) is 158 cm³/mol. The highest BCUT2D eigenvalue weighted by molar-refractivity contribution is 6.35. The van der Waals surface area contributed by atoms with E-state index in [1.54, 1.807) is 29.8 Å². The third kappa shape index (κ3) is 6.63. The van der Waals surface area contributed by atoms with Crippen LogP contribution in [0.1, 0.15) is 53.3 Å². The molecule has 0 aliphatic heterocycles. The minimum atomic E-state index is -3.07. The van der Waals surface area contributed by atoms with Gasteiger partial charge in [0, 0.05) is 25.6 Å². The summed E-state index contributed by atoms with van der Waals surface area (Å²) in [5.74, 6) is 0.0331. The number of carbonyl (C=O) groups excluding carboxylic acids is 1. The Morgan fingerprint density at radius 1 is 1.02 bits per heavy atom. The summed E-state index contributed by atoms with van der Waals surface area (Å²) < 4.78 is 46.5. The molecular formula is C31H29Cl2F2N3O6. The molecule has 1 unspecified atom stereocenters. The largest absolute Gasteiger partial charge is 0.619 e. The number of aromatic nitrogens is 3. The molecule has 2 saturated carbocycles. The lowest BCUT2D eigenvalue weighted by atomic mass is 10.0. The number of esters is 1. The Balaban J connectivity index is 1.34. The predicted octanol–water partition coefficient (Wildman–Crippen LogP) is 6.22. The molecule has 6 rings (SSSR count). The van der Waals surface area contributed by atoms with Gasteiger partial charge in [-0.3, -0.25) is 9.13 Å². The molecule has 2 aliphatic rings. The minimum Gasteiger partial charge on any atom is -0.619 e. The molecule has 0 N–H and O–H groups in total. The number of hydrogen-bond donors (Lipinski definition) is 0. The number of rotatable bonds is 12. The van der Waals surface area contributed by atoms with Crippen molar-refractivity contribution in [3.05, 3.63) is 91.2 Å². The fraction of sp³-hybridized carbons (Fsp3) is 0.387. The van der Waals surface area contributed by atoms with E-state index in [9.17, 15) is 23.6 Å². The van der Waals surface area contributed by atoms with Gasteiger partial charge in [-0.05, 0) is 73.4 Å². The Morgan fingerprint density at radius 2 is 1.73 bits per heavy atom. The van der Waals surface area contributed by atoms with E-state index in [1.807, 2.05) is 0 Å². The van der Waals surface area contributed by atoms with Crippen molar-refractivity contribution in [1.82, 2.24) is 9.13 Å². The standard InChI is InChI=1S/C31H29Cl2F2N3O6/c1-36-25-10-20(6-8-24(25)38(31(36)40)13-17-2-3-17)29(39)43-27(12-21-22(32)14-37(41)15-23(21)33)19-7-9-26(44-30(34)35)28(11-19)42-16-18-4-5-18/h6-11,14-15,17-18,27,30H,2-5,12-13,16H2,1H3. The number of pyridine rings is 1. The lowest BCUT2D eigenvalue weighted by molar-refractivity contribution is -0.605. The van der Waals surface area contributed by atoms with Crippen molar-refractivity contribution >= 4 is 40.2 Å². The van der Waals surface area contributed by atoms with Crippen LogP contribution in [-0.4, -0.2) is 28.3 Å². The zero-order chi connectivity index (χ0) is 31.1. The molecule has 2 fully saturated rings. The first-order valence-electron chi connectivity index (χ1n) is 14.3. The highest BCUT2D eigenvalue weighted by Gasteiger charge is 2.28. The second-order valence-electron chi connectivity index (χ2n) is 11.3. The highest BCUT2D eigenvalue weighted by atomic mass is 35.5. The number of benzene rings is 2. The smallest absolute Gasteiger partial charge is 0.387 e. The summed E-state index contributed by atoms with van der Waals surface area (Å²) in [5, 5.41) is 12.0. The van der Waals surface area contributed by atoms with E-state index in [4.69, 9.17) is 32.7 Å². The van der Waals surface area contributed by atoms with Crippen LogP contribution < -0.4 is 19.9 Å². The van der Waals surface area contributed by atoms with Gasteiger partial charge in [-0.15, -0.1) is 0 Å². The zero-order valence-corrected chi connectivity index (χ0v) is 25.2. The third-order valence-electron chi connectivity index (χ3n) is 7.94. The molecule has 2 aromatic carbocycles. The Labute approximate surface area is 261 Å². The highest BCUT2D eigenvalue weighted by Crippen LogP contribution is 2.38. The van der Waals surface area contributed by atoms with Crippen molar-refractivity contribution < 1.29 is 32.5 Å². The van der Waals surface area contributed by atoms with Crippen molar-refractivity contribution in [3.63, 3.8) is 0 Å². The molecular weight excluding hydrogens is 619 g/mol. The van der Waals surface area contributed by atoms with E-state index in [0.717, 1.165) is 43.6 Å². The SMILES string of the molecule is Cn1c(=O)n(CC2CC2)c2ccc(C(=O)OC(Cc3c(Cl)c[n+]([O-])cc3Cl)c3ccc(OC(F)F)c(OCC4CC4)c3)cc21. The number of carbonyl (C=O) groups is 1. The summed E-state index contributed by atoms with van der Waals surface area (Å²) in [6.45, 7) is -2.11. The first-order valence-corrected chi connectivity index (χ1v) is 15.0. The van der Waals surface area contributed by atoms with Crippen molar-refractivity contribution in [2.45, 2.75) is 51.4 Å². The van der Waals surface area contributed by atoms with Crippen molar-refractivity contribution in [2.75, 3.05) is 6.61 Å². The average molecular weight is 648 g/mol. The lowest BCUT2D eigenvalue weighted by Crippen LogP contribution is -2.25. The number of aryl methyl sites for hydroxylation is 1. The molecule has 44 heavy (non-hydrogen) atoms. The second kappa shape index (κ2) is 12.3. The molecule has 9 nitrogen and oxygen atoms in total. The lowest BCUT2D eigenvalue weighted by Gasteiger charge is -2.21. The fourth-order valence-corrected chi connectivity index (χ4v) is 5.73. The van der Waals surface area contributed by atoms with E-state index >= 15 is 0 Å². The number of alkyl halides is 2. The van der Waals surface area contributed by atoms with E-state index < -0.39 is 18.7 Å². The molecule has 2 heterocycles. The number of imidazole rings is 1. The van der Waals surface area contributed by atoms with Crippen LogP contribution in [0, 0.1) is 17.0 Å². The number of hydrogen-bond acceptors (Lipinski definition) is 6. The summed E-state index contributed by atoms with van der Waals surface area (Å²) in [4.78, 5) is 26.5. The summed E-state index contributed by atoms with van der Waals surface area (Å²) in [6, 6.07) is 9.23. The van der Waals surface area contributed by atoms with Crippen LogP contribution in [0.25, 0.3) is 11.0 Å². The summed E-state index contributed by atoms with van der Waals surface area (Å²) >= 11 is 12.7. The molecule has 1 atom stereocenters. The topological polar surface area (TPSA) is 98.6 Å². The molecule has 232 valence electrons. The van der Waals surface area contributed by atoms with Gasteiger partial charge in [-0.2, -0.15) is 13.5 Å². The average Bonchev–Trinajstić information content (AvgIpc) is 3.91. The van der Waals surface area contributed by atoms with Gasteiger partial charge in [0.15, 0.2) is 23.9 Å². The molecule has 0 amide bonds. The third-order valence-corrected chi connectivity index (χ3v) is 8.59. The monoisotopic (exact) mass is 647 g/mol. The normalized spacial score (nSPS) is 15.5. The summed E-state index contributed by atoms with van der Waals surface area (Å²) in [6.07, 6.45) is 5.33. The van der Waals surface area contributed by atoms with Crippen LogP contribution >= 0.6 is 23.2 Å². The first-order chi connectivity index (χ1) is 21.1. The number of ether oxygens (including phenoxy) is 3. The van der Waals surface area contributed by atoms with Gasteiger partial charge >= 0.3 is 18.3 Å². The van der Waals surface area contributed by atoms with Crippen LogP contribution in [-0.2, 0) is 24.8 Å². The Kier molecular flexibility index (Phi) is 8.43. The van der Waals surface area contributed by atoms with Crippen molar-refractivity contribution in [1.29, 1.82) is 0 Å². The summed E-state index contributed by atoms with van der Waals surface area (Å²) in [7, 11) is 1.65. The van der Waals surface area contributed by atoms with Crippen LogP contribution in [0.2, 0.25) is 10.0 Å². The maximum absolute atomic E-state index is 13.6. The maximum Gasteiger partial charge on any atom is 0.387 e. The van der Waals surface area contributed by atoms with E-state index in [0.29, 0.717) is 46.4 Å². The van der Waals surface area contributed by atoms with Gasteiger partial charge in [0.05, 0.1) is 23.2 Å². The van der Waals surface area contributed by atoms with Crippen LogP contribution in [0.4, 0.5) is 8.78 Å². The minimum absolute atomic E-state index is 0.0418. The summed E-state index contributed by atoms with van der Waals surface area (Å²) in [5.41, 5.74) is 2.09. The number of halogens is 4. The molecule has 4 aromatic rings. The van der Waals surface area contributed by atoms with Crippen molar-refractivity contribution in [2.24, 2.45) is 18.9 Å². The second-order valence-corrected chi connectivity index (χ2v) is 12.1. The fourth-order valence-electron chi connectivity index (χ4n) is 5.13.